The summed E-state index contributed by atoms with van der Waals surface area (Å²) < 4.78 is 0.938. The number of allylic oxidation sites excluding steroid dienone is 2. The van der Waals surface area contributed by atoms with Gasteiger partial charge in [-0.25, -0.2) is 0 Å². The van der Waals surface area contributed by atoms with Gasteiger partial charge in [0, 0.05) is 16.3 Å². The van der Waals surface area contributed by atoms with Gasteiger partial charge in [0.25, 0.3) is 0 Å². The van der Waals surface area contributed by atoms with Gasteiger partial charge in [0.05, 0.1) is 0 Å². The lowest BCUT2D eigenvalue weighted by atomic mass is 9.85. The summed E-state index contributed by atoms with van der Waals surface area (Å²) in [6, 6.07) is 5.98. The van der Waals surface area contributed by atoms with Crippen molar-refractivity contribution in [2.75, 3.05) is 0 Å². The highest BCUT2D eigenvalue weighted by Crippen LogP contribution is 2.56. The van der Waals surface area contributed by atoms with Gasteiger partial charge in [-0.2, -0.15) is 0 Å². The highest BCUT2D eigenvalue weighted by molar-refractivity contribution is 9.10. The van der Waals surface area contributed by atoms with Crippen molar-refractivity contribution in [3.8, 4) is 0 Å². The van der Waals surface area contributed by atoms with Crippen molar-refractivity contribution in [2.45, 2.75) is 25.7 Å². The van der Waals surface area contributed by atoms with Gasteiger partial charge in [-0.3, -0.25) is 9.59 Å². The molecule has 1 aromatic rings. The van der Waals surface area contributed by atoms with E-state index in [0.717, 1.165) is 28.4 Å². The number of carbonyl (C=O) groups excluding carboxylic acids is 2. The standard InChI is InChI=1S/C18H17BrO2/c1-2-9-5-6-12(19)8-13(9)16-17(20)14-10-3-4-11(7-10)15(14)18(16)21/h3-6,8,10-11,14-16H,2,7H2,1H3. The maximum Gasteiger partial charge on any atom is 0.152 e. The molecule has 108 valence electrons. The van der Waals surface area contributed by atoms with Crippen LogP contribution >= 0.6 is 15.9 Å². The molecular formula is C18H17BrO2. The van der Waals surface area contributed by atoms with Crippen LogP contribution in [-0.4, -0.2) is 11.6 Å². The Bertz CT molecular complexity index is 646. The molecule has 0 spiro atoms. The van der Waals surface area contributed by atoms with Crippen LogP contribution in [-0.2, 0) is 16.0 Å². The minimum Gasteiger partial charge on any atom is -0.298 e. The first-order chi connectivity index (χ1) is 10.1. The number of rotatable bonds is 2. The van der Waals surface area contributed by atoms with Crippen molar-refractivity contribution < 1.29 is 9.59 Å². The van der Waals surface area contributed by atoms with Crippen LogP contribution in [0.4, 0.5) is 0 Å². The number of halogens is 1. The second-order valence-electron chi connectivity index (χ2n) is 6.43. The average molecular weight is 345 g/mol. The zero-order valence-electron chi connectivity index (χ0n) is 11.9. The molecule has 0 heterocycles. The maximum absolute atomic E-state index is 12.9. The Morgan fingerprint density at radius 1 is 1.10 bits per heavy atom. The van der Waals surface area contributed by atoms with Crippen LogP contribution in [0.5, 0.6) is 0 Å². The van der Waals surface area contributed by atoms with E-state index < -0.39 is 5.92 Å². The Balaban J connectivity index is 1.79. The van der Waals surface area contributed by atoms with Crippen molar-refractivity contribution in [1.29, 1.82) is 0 Å². The molecule has 2 saturated carbocycles. The third-order valence-electron chi connectivity index (χ3n) is 5.49. The van der Waals surface area contributed by atoms with E-state index in [1.807, 2.05) is 18.2 Å². The molecule has 3 aliphatic rings. The zero-order chi connectivity index (χ0) is 14.7. The summed E-state index contributed by atoms with van der Waals surface area (Å²) in [7, 11) is 0. The molecule has 21 heavy (non-hydrogen) atoms. The van der Waals surface area contributed by atoms with Crippen molar-refractivity contribution >= 4 is 27.5 Å². The second-order valence-corrected chi connectivity index (χ2v) is 7.35. The Kier molecular flexibility index (Phi) is 2.97. The fourth-order valence-electron chi connectivity index (χ4n) is 4.59. The molecule has 0 amide bonds. The molecule has 4 unspecified atom stereocenters. The number of fused-ring (bicyclic) bond motifs is 5. The fraction of sp³-hybridized carbons (Fsp3) is 0.444. The van der Waals surface area contributed by atoms with Gasteiger partial charge < -0.3 is 0 Å². The number of hydrogen-bond donors (Lipinski definition) is 0. The van der Waals surface area contributed by atoms with E-state index in [2.05, 4.69) is 35.0 Å². The summed E-state index contributed by atoms with van der Waals surface area (Å²) in [5.41, 5.74) is 2.04. The van der Waals surface area contributed by atoms with Crippen molar-refractivity contribution in [3.63, 3.8) is 0 Å². The predicted octanol–water partition coefficient (Wildman–Crippen LogP) is 3.69. The normalized spacial score (nSPS) is 36.6. The minimum atomic E-state index is -0.530. The predicted molar refractivity (Wildman–Crippen MR) is 84.0 cm³/mol. The van der Waals surface area contributed by atoms with E-state index in [0.29, 0.717) is 11.8 Å². The molecule has 0 N–H and O–H groups in total. The monoisotopic (exact) mass is 344 g/mol. The lowest BCUT2D eigenvalue weighted by molar-refractivity contribution is -0.125. The van der Waals surface area contributed by atoms with Gasteiger partial charge >= 0.3 is 0 Å². The van der Waals surface area contributed by atoms with Crippen LogP contribution in [0.3, 0.4) is 0 Å². The molecule has 1 aromatic carbocycles. The van der Waals surface area contributed by atoms with E-state index >= 15 is 0 Å². The third-order valence-corrected chi connectivity index (χ3v) is 5.98. The molecule has 0 aromatic heterocycles. The highest BCUT2D eigenvalue weighted by atomic mass is 79.9. The number of benzene rings is 1. The molecule has 2 bridgehead atoms. The first-order valence-electron chi connectivity index (χ1n) is 7.66. The van der Waals surface area contributed by atoms with Crippen LogP contribution in [0.25, 0.3) is 0 Å². The lowest BCUT2D eigenvalue weighted by Gasteiger charge is -2.16. The fourth-order valence-corrected chi connectivity index (χ4v) is 4.96. The van der Waals surface area contributed by atoms with Crippen molar-refractivity contribution in [2.24, 2.45) is 23.7 Å². The smallest absolute Gasteiger partial charge is 0.152 e. The van der Waals surface area contributed by atoms with Gasteiger partial charge in [-0.05, 0) is 47.9 Å². The van der Waals surface area contributed by atoms with Gasteiger partial charge in [0.2, 0.25) is 0 Å². The summed E-state index contributed by atoms with van der Waals surface area (Å²) >= 11 is 3.47. The van der Waals surface area contributed by atoms with E-state index in [1.165, 1.54) is 0 Å². The summed E-state index contributed by atoms with van der Waals surface area (Å²) in [6.45, 7) is 2.07. The summed E-state index contributed by atoms with van der Waals surface area (Å²) in [4.78, 5) is 25.8. The zero-order valence-corrected chi connectivity index (χ0v) is 13.5. The maximum atomic E-state index is 12.9. The van der Waals surface area contributed by atoms with E-state index in [9.17, 15) is 9.59 Å². The van der Waals surface area contributed by atoms with Crippen LogP contribution in [0.15, 0.2) is 34.8 Å². The van der Waals surface area contributed by atoms with Crippen LogP contribution in [0, 0.1) is 23.7 Å². The van der Waals surface area contributed by atoms with Crippen molar-refractivity contribution in [1.82, 2.24) is 0 Å². The lowest BCUT2D eigenvalue weighted by Crippen LogP contribution is -2.21. The van der Waals surface area contributed by atoms with Gasteiger partial charge in [0.15, 0.2) is 11.6 Å². The van der Waals surface area contributed by atoms with Gasteiger partial charge in [-0.1, -0.05) is 41.1 Å². The Morgan fingerprint density at radius 2 is 1.71 bits per heavy atom. The molecule has 2 nitrogen and oxygen atoms in total. The Morgan fingerprint density at radius 3 is 2.29 bits per heavy atom. The first kappa shape index (κ1) is 13.4. The number of hydrogen-bond acceptors (Lipinski definition) is 2. The summed E-state index contributed by atoms with van der Waals surface area (Å²) in [5, 5.41) is 0. The number of ketones is 2. The van der Waals surface area contributed by atoms with E-state index in [1.54, 1.807) is 0 Å². The molecule has 3 aliphatic carbocycles. The Labute approximate surface area is 132 Å². The SMILES string of the molecule is CCc1ccc(Br)cc1C1C(=O)C2C3C=CC(C3)C2C1=O. The quantitative estimate of drug-likeness (QED) is 0.605. The van der Waals surface area contributed by atoms with Crippen molar-refractivity contribution in [3.05, 3.63) is 46.0 Å². The highest BCUT2D eigenvalue weighted by Gasteiger charge is 2.60. The number of aryl methyl sites for hydroxylation is 1. The molecule has 4 atom stereocenters. The number of carbonyl (C=O) groups is 2. The van der Waals surface area contributed by atoms with Crippen LogP contribution < -0.4 is 0 Å². The molecular weight excluding hydrogens is 328 g/mol. The van der Waals surface area contributed by atoms with Crippen LogP contribution in [0.1, 0.15) is 30.4 Å². The molecule has 0 radical (unpaired) electrons. The summed E-state index contributed by atoms with van der Waals surface area (Å²) in [5.74, 6) is 0.293. The first-order valence-corrected chi connectivity index (χ1v) is 8.45. The van der Waals surface area contributed by atoms with E-state index in [-0.39, 0.29) is 23.4 Å². The van der Waals surface area contributed by atoms with E-state index in [4.69, 9.17) is 0 Å². The number of Topliss-reactive ketones (excluding diaryl/α,β-unsaturated/α-hetero) is 2. The average Bonchev–Trinajstić information content (AvgIpc) is 3.13. The second kappa shape index (κ2) is 4.64. The van der Waals surface area contributed by atoms with Gasteiger partial charge in [0.1, 0.15) is 5.92 Å². The Hall–Kier alpha value is -1.22. The third kappa shape index (κ3) is 1.76. The summed E-state index contributed by atoms with van der Waals surface area (Å²) in [6.07, 6.45) is 6.15. The molecule has 0 saturated heterocycles. The minimum absolute atomic E-state index is 0.0545. The topological polar surface area (TPSA) is 34.1 Å². The molecule has 2 fully saturated rings. The van der Waals surface area contributed by atoms with Crippen LogP contribution in [0.2, 0.25) is 0 Å². The molecule has 0 aliphatic heterocycles. The van der Waals surface area contributed by atoms with Gasteiger partial charge in [-0.15, -0.1) is 0 Å². The largest absolute Gasteiger partial charge is 0.298 e. The molecule has 3 heteroatoms. The molecule has 4 rings (SSSR count).